The number of hydrogen-bond acceptors (Lipinski definition) is 5. The first kappa shape index (κ1) is 21.1. The van der Waals surface area contributed by atoms with E-state index < -0.39 is 11.9 Å². The number of amides is 1. The molecule has 1 aliphatic heterocycles. The molecule has 0 saturated carbocycles. The van der Waals surface area contributed by atoms with Crippen LogP contribution in [0.2, 0.25) is 0 Å². The number of halogens is 3. The number of ether oxygens (including phenoxy) is 1. The van der Waals surface area contributed by atoms with Gasteiger partial charge in [-0.2, -0.15) is 18.3 Å². The molecule has 31 heavy (non-hydrogen) atoms. The molecule has 1 N–H and O–H groups in total. The Morgan fingerprint density at radius 1 is 1.29 bits per heavy atom. The number of nitrogens with zero attached hydrogens (tertiary/aromatic N) is 4. The predicted molar refractivity (Wildman–Crippen MR) is 108 cm³/mol. The number of likely N-dealkylation sites (tertiary alicyclic amines) is 1. The third-order valence-corrected chi connectivity index (χ3v) is 5.30. The molecule has 164 valence electrons. The fourth-order valence-corrected chi connectivity index (χ4v) is 3.81. The molecule has 0 aliphatic carbocycles. The lowest BCUT2D eigenvalue weighted by Crippen LogP contribution is -2.37. The van der Waals surface area contributed by atoms with Gasteiger partial charge in [-0.05, 0) is 44.3 Å². The standard InChI is InChI=1S/C21H22F3N5O2/c1-28-9-7-14(11-28)26-20(30)18-16-10-15(5-6-17(16)27-29(18)2)31-12-13-4-3-8-25-19(13)21(22,23)24/h3-6,8,10,14H,7,9,11-12H2,1-2H3,(H,26,30). The average molecular weight is 433 g/mol. The van der Waals surface area contributed by atoms with Gasteiger partial charge in [0.25, 0.3) is 5.91 Å². The van der Waals surface area contributed by atoms with Gasteiger partial charge in [-0.3, -0.25) is 14.5 Å². The van der Waals surface area contributed by atoms with Gasteiger partial charge in [0.1, 0.15) is 18.1 Å². The molecule has 1 amide bonds. The number of likely N-dealkylation sites (N-methyl/N-ethyl adjacent to an activating group) is 1. The molecular formula is C21H22F3N5O2. The Balaban J connectivity index is 1.56. The molecule has 1 aliphatic rings. The van der Waals surface area contributed by atoms with Gasteiger partial charge < -0.3 is 15.0 Å². The Morgan fingerprint density at radius 2 is 2.10 bits per heavy atom. The summed E-state index contributed by atoms with van der Waals surface area (Å²) in [4.78, 5) is 18.5. The fourth-order valence-electron chi connectivity index (χ4n) is 3.81. The maximum Gasteiger partial charge on any atom is 0.433 e. The zero-order valence-electron chi connectivity index (χ0n) is 17.1. The highest BCUT2D eigenvalue weighted by molar-refractivity contribution is 6.05. The number of fused-ring (bicyclic) bond motifs is 1. The number of carbonyl (C=O) groups excluding carboxylic acids is 1. The van der Waals surface area contributed by atoms with Crippen molar-refractivity contribution in [2.24, 2.45) is 7.05 Å². The van der Waals surface area contributed by atoms with Gasteiger partial charge in [0.15, 0.2) is 5.69 Å². The van der Waals surface area contributed by atoms with E-state index in [9.17, 15) is 18.0 Å². The van der Waals surface area contributed by atoms with Crippen LogP contribution in [0.5, 0.6) is 5.75 Å². The van der Waals surface area contributed by atoms with Crippen LogP contribution in [0.15, 0.2) is 36.5 Å². The molecule has 1 aromatic carbocycles. The summed E-state index contributed by atoms with van der Waals surface area (Å²) < 4.78 is 46.5. The maximum atomic E-state index is 13.1. The van der Waals surface area contributed by atoms with Crippen molar-refractivity contribution in [1.82, 2.24) is 25.0 Å². The van der Waals surface area contributed by atoms with E-state index in [2.05, 4.69) is 20.3 Å². The highest BCUT2D eigenvalue weighted by atomic mass is 19.4. The number of hydrogen-bond donors (Lipinski definition) is 1. The number of rotatable bonds is 5. The first-order valence-corrected chi connectivity index (χ1v) is 9.82. The molecule has 0 radical (unpaired) electrons. The normalized spacial score (nSPS) is 17.3. The van der Waals surface area contributed by atoms with Crippen LogP contribution in [0.25, 0.3) is 10.9 Å². The van der Waals surface area contributed by atoms with Crippen molar-refractivity contribution >= 4 is 16.8 Å². The third kappa shape index (κ3) is 4.48. The Hall–Kier alpha value is -3.14. The molecule has 3 heterocycles. The third-order valence-electron chi connectivity index (χ3n) is 5.30. The van der Waals surface area contributed by atoms with E-state index in [1.807, 2.05) is 7.05 Å². The van der Waals surface area contributed by atoms with Gasteiger partial charge in [0, 0.05) is 36.8 Å². The molecule has 0 spiro atoms. The summed E-state index contributed by atoms with van der Waals surface area (Å²) >= 11 is 0. The van der Waals surface area contributed by atoms with Gasteiger partial charge in [-0.1, -0.05) is 6.07 Å². The van der Waals surface area contributed by atoms with E-state index in [-0.39, 0.29) is 24.1 Å². The molecule has 1 atom stereocenters. The summed E-state index contributed by atoms with van der Waals surface area (Å²) in [7, 11) is 3.68. The highest BCUT2D eigenvalue weighted by Crippen LogP contribution is 2.31. The topological polar surface area (TPSA) is 72.3 Å². The monoisotopic (exact) mass is 433 g/mol. The second kappa shape index (κ2) is 8.18. The molecule has 0 bridgehead atoms. The second-order valence-electron chi connectivity index (χ2n) is 7.67. The molecule has 4 rings (SSSR count). The largest absolute Gasteiger partial charge is 0.489 e. The van der Waals surface area contributed by atoms with E-state index >= 15 is 0 Å². The van der Waals surface area contributed by atoms with Crippen LogP contribution in [0.4, 0.5) is 13.2 Å². The minimum Gasteiger partial charge on any atom is -0.489 e. The van der Waals surface area contributed by atoms with Crippen LogP contribution in [-0.2, 0) is 19.8 Å². The van der Waals surface area contributed by atoms with Crippen LogP contribution in [0.1, 0.15) is 28.2 Å². The summed E-state index contributed by atoms with van der Waals surface area (Å²) in [5.74, 6) is 0.0983. The Kier molecular flexibility index (Phi) is 5.57. The average Bonchev–Trinajstić information content (AvgIpc) is 3.27. The summed E-state index contributed by atoms with van der Waals surface area (Å²) in [6, 6.07) is 7.75. The summed E-state index contributed by atoms with van der Waals surface area (Å²) in [5.41, 5.74) is -0.0584. The molecule has 1 fully saturated rings. The van der Waals surface area contributed by atoms with Crippen LogP contribution in [0, 0.1) is 0 Å². The minimum absolute atomic E-state index is 0.0632. The number of alkyl halides is 3. The van der Waals surface area contributed by atoms with E-state index in [4.69, 9.17) is 4.74 Å². The van der Waals surface area contributed by atoms with Crippen molar-refractivity contribution < 1.29 is 22.7 Å². The van der Waals surface area contributed by atoms with Crippen molar-refractivity contribution in [3.63, 3.8) is 0 Å². The Morgan fingerprint density at radius 3 is 2.81 bits per heavy atom. The van der Waals surface area contributed by atoms with Crippen molar-refractivity contribution in [2.75, 3.05) is 20.1 Å². The maximum absolute atomic E-state index is 13.1. The molecule has 1 saturated heterocycles. The number of nitrogens with one attached hydrogen (secondary N) is 1. The van der Waals surface area contributed by atoms with Crippen LogP contribution in [-0.4, -0.2) is 51.8 Å². The van der Waals surface area contributed by atoms with Gasteiger partial charge >= 0.3 is 6.18 Å². The van der Waals surface area contributed by atoms with Gasteiger partial charge in [0.2, 0.25) is 0 Å². The summed E-state index contributed by atoms with van der Waals surface area (Å²) in [6.07, 6.45) is -2.59. The van der Waals surface area contributed by atoms with E-state index in [1.165, 1.54) is 16.8 Å². The first-order chi connectivity index (χ1) is 14.7. The smallest absolute Gasteiger partial charge is 0.433 e. The lowest BCUT2D eigenvalue weighted by atomic mass is 10.1. The number of aromatic nitrogens is 3. The molecule has 1 unspecified atom stereocenters. The van der Waals surface area contributed by atoms with Crippen LogP contribution >= 0.6 is 0 Å². The van der Waals surface area contributed by atoms with Crippen LogP contribution in [0.3, 0.4) is 0 Å². The quantitative estimate of drug-likeness (QED) is 0.670. The van der Waals surface area contributed by atoms with Crippen molar-refractivity contribution in [2.45, 2.75) is 25.2 Å². The fraction of sp³-hybridized carbons (Fsp3) is 0.381. The predicted octanol–water partition coefficient (Wildman–Crippen LogP) is 3.00. The van der Waals surface area contributed by atoms with E-state index in [1.54, 1.807) is 25.2 Å². The molecule has 2 aromatic heterocycles. The van der Waals surface area contributed by atoms with Crippen molar-refractivity contribution in [3.8, 4) is 5.75 Å². The number of aryl methyl sites for hydroxylation is 1. The van der Waals surface area contributed by atoms with Gasteiger partial charge in [-0.15, -0.1) is 0 Å². The van der Waals surface area contributed by atoms with Gasteiger partial charge in [0.05, 0.1) is 5.52 Å². The second-order valence-corrected chi connectivity index (χ2v) is 7.67. The minimum atomic E-state index is -4.56. The molecule has 7 nitrogen and oxygen atoms in total. The SMILES string of the molecule is CN1CCC(NC(=O)c2c3cc(OCc4cccnc4C(F)(F)F)ccc3nn2C)C1. The highest BCUT2D eigenvalue weighted by Gasteiger charge is 2.35. The van der Waals surface area contributed by atoms with Gasteiger partial charge in [-0.25, -0.2) is 0 Å². The lowest BCUT2D eigenvalue weighted by Gasteiger charge is -2.13. The van der Waals surface area contributed by atoms with E-state index in [0.29, 0.717) is 22.3 Å². The molecule has 3 aromatic rings. The molecular weight excluding hydrogens is 411 g/mol. The number of carbonyl (C=O) groups is 1. The van der Waals surface area contributed by atoms with Crippen molar-refractivity contribution in [3.05, 3.63) is 53.5 Å². The Labute approximate surface area is 176 Å². The number of pyridine rings is 1. The van der Waals surface area contributed by atoms with E-state index in [0.717, 1.165) is 25.7 Å². The lowest BCUT2D eigenvalue weighted by molar-refractivity contribution is -0.142. The Bertz CT molecular complexity index is 1110. The zero-order chi connectivity index (χ0) is 22.2. The number of benzene rings is 1. The summed E-state index contributed by atoms with van der Waals surface area (Å²) in [6.45, 7) is 1.40. The molecule has 10 heteroatoms. The van der Waals surface area contributed by atoms with Crippen molar-refractivity contribution in [1.29, 1.82) is 0 Å². The summed E-state index contributed by atoms with van der Waals surface area (Å²) in [5, 5.41) is 7.97. The zero-order valence-corrected chi connectivity index (χ0v) is 17.1. The van der Waals surface area contributed by atoms with Crippen LogP contribution < -0.4 is 10.1 Å². The first-order valence-electron chi connectivity index (χ1n) is 9.82.